The molecule has 0 amide bonds. The minimum absolute atomic E-state index is 0.141. The summed E-state index contributed by atoms with van der Waals surface area (Å²) in [5.41, 5.74) is 1.43. The van der Waals surface area contributed by atoms with Crippen molar-refractivity contribution in [2.45, 2.75) is 46.5 Å². The van der Waals surface area contributed by atoms with Crippen LogP contribution >= 0.6 is 0 Å². The quantitative estimate of drug-likeness (QED) is 0.696. The van der Waals surface area contributed by atoms with E-state index in [1.807, 2.05) is 0 Å². The van der Waals surface area contributed by atoms with E-state index in [9.17, 15) is 0 Å². The SMILES string of the molecule is CC(C)(C)[C@H](O[Si](C)(C)C)c1ccccc1. The van der Waals surface area contributed by atoms with Crippen LogP contribution in [0.5, 0.6) is 0 Å². The van der Waals surface area contributed by atoms with Crippen molar-refractivity contribution in [3.63, 3.8) is 0 Å². The van der Waals surface area contributed by atoms with Gasteiger partial charge in [-0.25, -0.2) is 0 Å². The van der Waals surface area contributed by atoms with Crippen LogP contribution in [0.3, 0.4) is 0 Å². The van der Waals surface area contributed by atoms with E-state index < -0.39 is 8.32 Å². The Labute approximate surface area is 101 Å². The Morgan fingerprint density at radius 1 is 1.00 bits per heavy atom. The molecule has 0 aliphatic rings. The second-order valence-corrected chi connectivity index (χ2v) is 10.8. The van der Waals surface area contributed by atoms with Crippen LogP contribution in [0.15, 0.2) is 30.3 Å². The van der Waals surface area contributed by atoms with Gasteiger partial charge in [-0.1, -0.05) is 51.1 Å². The molecule has 0 heterocycles. The Balaban J connectivity index is 2.98. The first-order valence-electron chi connectivity index (χ1n) is 5.93. The van der Waals surface area contributed by atoms with Crippen LogP contribution in [0.2, 0.25) is 19.6 Å². The third-order valence-corrected chi connectivity index (χ3v) is 3.30. The van der Waals surface area contributed by atoms with E-state index in [1.54, 1.807) is 0 Å². The molecule has 0 spiro atoms. The molecule has 2 heteroatoms. The average Bonchev–Trinajstić information content (AvgIpc) is 2.13. The van der Waals surface area contributed by atoms with E-state index in [-0.39, 0.29) is 11.5 Å². The van der Waals surface area contributed by atoms with E-state index in [1.165, 1.54) is 5.56 Å². The third kappa shape index (κ3) is 4.10. The summed E-state index contributed by atoms with van der Waals surface area (Å²) in [6, 6.07) is 10.5. The van der Waals surface area contributed by atoms with Gasteiger partial charge in [0, 0.05) is 0 Å². The monoisotopic (exact) mass is 236 g/mol. The van der Waals surface area contributed by atoms with Crippen molar-refractivity contribution in [1.82, 2.24) is 0 Å². The Kier molecular flexibility index (Phi) is 3.97. The summed E-state index contributed by atoms with van der Waals surface area (Å²) >= 11 is 0. The standard InChI is InChI=1S/C14H24OSi/c1-14(2,3)13(15-16(4,5)6)12-10-8-7-9-11-12/h7-11,13H,1-6H3/t13-/m1/s1. The van der Waals surface area contributed by atoms with Crippen molar-refractivity contribution >= 4 is 8.32 Å². The van der Waals surface area contributed by atoms with Gasteiger partial charge in [-0.05, 0) is 30.6 Å². The highest BCUT2D eigenvalue weighted by Gasteiger charge is 2.31. The van der Waals surface area contributed by atoms with Crippen LogP contribution in [-0.4, -0.2) is 8.32 Å². The zero-order valence-electron chi connectivity index (χ0n) is 11.4. The first kappa shape index (κ1) is 13.5. The maximum absolute atomic E-state index is 6.33. The lowest BCUT2D eigenvalue weighted by atomic mass is 9.85. The van der Waals surface area contributed by atoms with Gasteiger partial charge in [0.25, 0.3) is 0 Å². The summed E-state index contributed by atoms with van der Waals surface area (Å²) in [4.78, 5) is 0. The molecule has 0 radical (unpaired) electrons. The van der Waals surface area contributed by atoms with Crippen molar-refractivity contribution in [2.24, 2.45) is 5.41 Å². The molecule has 1 aromatic carbocycles. The van der Waals surface area contributed by atoms with Crippen molar-refractivity contribution in [3.8, 4) is 0 Å². The van der Waals surface area contributed by atoms with Crippen molar-refractivity contribution in [2.75, 3.05) is 0 Å². The Morgan fingerprint density at radius 3 is 1.88 bits per heavy atom. The molecular weight excluding hydrogens is 212 g/mol. The van der Waals surface area contributed by atoms with Gasteiger partial charge < -0.3 is 4.43 Å². The molecule has 1 nitrogen and oxygen atoms in total. The fourth-order valence-corrected chi connectivity index (χ4v) is 2.92. The largest absolute Gasteiger partial charge is 0.410 e. The van der Waals surface area contributed by atoms with Crippen molar-refractivity contribution in [1.29, 1.82) is 0 Å². The van der Waals surface area contributed by atoms with E-state index in [0.29, 0.717) is 0 Å². The zero-order chi connectivity index (χ0) is 12.4. The second kappa shape index (κ2) is 4.72. The average molecular weight is 236 g/mol. The minimum atomic E-state index is -1.51. The summed E-state index contributed by atoms with van der Waals surface area (Å²) in [5, 5.41) is 0. The Bertz CT molecular complexity index is 319. The maximum atomic E-state index is 6.33. The van der Waals surface area contributed by atoms with Crippen LogP contribution in [0, 0.1) is 5.41 Å². The molecule has 0 N–H and O–H groups in total. The first-order valence-corrected chi connectivity index (χ1v) is 9.34. The summed E-state index contributed by atoms with van der Waals surface area (Å²) in [7, 11) is -1.51. The van der Waals surface area contributed by atoms with E-state index in [2.05, 4.69) is 70.7 Å². The van der Waals surface area contributed by atoms with Gasteiger partial charge in [0.15, 0.2) is 8.32 Å². The van der Waals surface area contributed by atoms with Gasteiger partial charge in [-0.2, -0.15) is 0 Å². The number of hydrogen-bond acceptors (Lipinski definition) is 1. The summed E-state index contributed by atoms with van der Waals surface area (Å²) in [6.45, 7) is 13.5. The summed E-state index contributed by atoms with van der Waals surface area (Å²) in [6.07, 6.45) is 0.195. The van der Waals surface area contributed by atoms with E-state index in [4.69, 9.17) is 4.43 Å². The van der Waals surface area contributed by atoms with Crippen LogP contribution in [0.25, 0.3) is 0 Å². The van der Waals surface area contributed by atoms with Gasteiger partial charge in [0.2, 0.25) is 0 Å². The van der Waals surface area contributed by atoms with Crippen LogP contribution < -0.4 is 0 Å². The third-order valence-electron chi connectivity index (χ3n) is 2.36. The highest BCUT2D eigenvalue weighted by Crippen LogP contribution is 2.37. The van der Waals surface area contributed by atoms with Crippen LogP contribution in [-0.2, 0) is 4.43 Å². The lowest BCUT2D eigenvalue weighted by Gasteiger charge is -2.36. The predicted octanol–water partition coefficient (Wildman–Crippen LogP) is 4.63. The van der Waals surface area contributed by atoms with Gasteiger partial charge in [0.05, 0.1) is 6.10 Å². The minimum Gasteiger partial charge on any atom is -0.410 e. The molecule has 0 aromatic heterocycles. The lowest BCUT2D eigenvalue weighted by molar-refractivity contribution is 0.0798. The second-order valence-electron chi connectivity index (χ2n) is 6.39. The maximum Gasteiger partial charge on any atom is 0.184 e. The summed E-state index contributed by atoms with van der Waals surface area (Å²) in [5.74, 6) is 0. The highest BCUT2D eigenvalue weighted by atomic mass is 28.4. The molecule has 0 aliphatic carbocycles. The molecule has 90 valence electrons. The van der Waals surface area contributed by atoms with Crippen molar-refractivity contribution in [3.05, 3.63) is 35.9 Å². The summed E-state index contributed by atoms with van der Waals surface area (Å²) < 4.78 is 6.33. The fraction of sp³-hybridized carbons (Fsp3) is 0.571. The molecule has 0 fully saturated rings. The molecule has 1 aromatic rings. The van der Waals surface area contributed by atoms with Gasteiger partial charge in [0.1, 0.15) is 0 Å². The van der Waals surface area contributed by atoms with E-state index in [0.717, 1.165) is 0 Å². The molecule has 0 unspecified atom stereocenters. The number of hydrogen-bond donors (Lipinski definition) is 0. The van der Waals surface area contributed by atoms with E-state index >= 15 is 0 Å². The predicted molar refractivity (Wildman–Crippen MR) is 73.1 cm³/mol. The van der Waals surface area contributed by atoms with Gasteiger partial charge in [-0.15, -0.1) is 0 Å². The highest BCUT2D eigenvalue weighted by molar-refractivity contribution is 6.69. The molecule has 0 saturated carbocycles. The van der Waals surface area contributed by atoms with Crippen LogP contribution in [0.4, 0.5) is 0 Å². The normalized spacial score (nSPS) is 14.9. The molecule has 0 aliphatic heterocycles. The van der Waals surface area contributed by atoms with Crippen LogP contribution in [0.1, 0.15) is 32.4 Å². The smallest absolute Gasteiger partial charge is 0.184 e. The van der Waals surface area contributed by atoms with Gasteiger partial charge >= 0.3 is 0 Å². The molecular formula is C14H24OSi. The zero-order valence-corrected chi connectivity index (χ0v) is 12.4. The fourth-order valence-electron chi connectivity index (χ4n) is 1.73. The lowest BCUT2D eigenvalue weighted by Crippen LogP contribution is -2.33. The first-order chi connectivity index (χ1) is 7.20. The molecule has 1 rings (SSSR count). The molecule has 1 atom stereocenters. The molecule has 0 bridgehead atoms. The van der Waals surface area contributed by atoms with Crippen molar-refractivity contribution < 1.29 is 4.43 Å². The van der Waals surface area contributed by atoms with Gasteiger partial charge in [-0.3, -0.25) is 0 Å². The molecule has 16 heavy (non-hydrogen) atoms. The number of benzene rings is 1. The topological polar surface area (TPSA) is 9.23 Å². The Morgan fingerprint density at radius 2 is 1.50 bits per heavy atom. The number of rotatable bonds is 3. The Hall–Kier alpha value is -0.603. The molecule has 0 saturated heterocycles.